The van der Waals surface area contributed by atoms with Crippen molar-refractivity contribution in [2.24, 2.45) is 5.73 Å². The third-order valence-electron chi connectivity index (χ3n) is 3.59. The average Bonchev–Trinajstić information content (AvgIpc) is 2.99. The molecule has 0 atom stereocenters. The lowest BCUT2D eigenvalue weighted by Crippen LogP contribution is -2.16. The van der Waals surface area contributed by atoms with Crippen LogP contribution in [-0.2, 0) is 10.0 Å². The molecule has 7 heteroatoms. The van der Waals surface area contributed by atoms with Crippen LogP contribution in [0.15, 0.2) is 65.6 Å². The number of carbonyl (C=O) groups is 1. The zero-order chi connectivity index (χ0) is 18.0. The van der Waals surface area contributed by atoms with Crippen molar-refractivity contribution in [3.05, 3.63) is 71.1 Å². The molecule has 25 heavy (non-hydrogen) atoms. The molecule has 3 aromatic rings. The molecular weight excluding hydrogens is 356 g/mol. The number of hydrogen-bond donors (Lipinski definition) is 2. The van der Waals surface area contributed by atoms with Gasteiger partial charge in [0.1, 0.15) is 4.88 Å². The highest BCUT2D eigenvalue weighted by molar-refractivity contribution is 7.92. The molecule has 0 saturated carbocycles. The third-order valence-corrected chi connectivity index (χ3v) is 6.17. The molecule has 128 valence electrons. The summed E-state index contributed by atoms with van der Waals surface area (Å²) in [6, 6.07) is 17.5. The standard InChI is InChI=1S/C18H16N2O3S2/c1-12-7-9-14(10-8-12)25(22,23)20-15-11-16(24-17(15)18(19)21)13-5-3-2-4-6-13/h2-11,20H,1H3,(H2,19,21). The Morgan fingerprint density at radius 2 is 1.68 bits per heavy atom. The van der Waals surface area contributed by atoms with Gasteiger partial charge in [-0.1, -0.05) is 48.0 Å². The second kappa shape index (κ2) is 6.70. The van der Waals surface area contributed by atoms with Crippen LogP contribution in [0.25, 0.3) is 10.4 Å². The predicted molar refractivity (Wildman–Crippen MR) is 100 cm³/mol. The molecule has 1 heterocycles. The number of primary amides is 1. The summed E-state index contributed by atoms with van der Waals surface area (Å²) in [6.45, 7) is 1.88. The van der Waals surface area contributed by atoms with E-state index in [1.807, 2.05) is 37.3 Å². The number of thiophene rings is 1. The number of nitrogens with two attached hydrogens (primary N) is 1. The average molecular weight is 372 g/mol. The molecule has 5 nitrogen and oxygen atoms in total. The number of anilines is 1. The van der Waals surface area contributed by atoms with Crippen molar-refractivity contribution in [2.75, 3.05) is 4.72 Å². The normalized spacial score (nSPS) is 11.2. The zero-order valence-electron chi connectivity index (χ0n) is 13.4. The first-order chi connectivity index (χ1) is 11.9. The number of amides is 1. The summed E-state index contributed by atoms with van der Waals surface area (Å²) >= 11 is 1.16. The van der Waals surface area contributed by atoms with E-state index < -0.39 is 15.9 Å². The minimum atomic E-state index is -3.81. The van der Waals surface area contributed by atoms with E-state index in [4.69, 9.17) is 5.73 Å². The minimum Gasteiger partial charge on any atom is -0.365 e. The van der Waals surface area contributed by atoms with Gasteiger partial charge in [-0.05, 0) is 30.7 Å². The summed E-state index contributed by atoms with van der Waals surface area (Å²) in [7, 11) is -3.81. The van der Waals surface area contributed by atoms with Gasteiger partial charge in [0, 0.05) is 4.88 Å². The van der Waals surface area contributed by atoms with E-state index >= 15 is 0 Å². The Morgan fingerprint density at radius 1 is 1.04 bits per heavy atom. The Balaban J connectivity index is 2.00. The fourth-order valence-electron chi connectivity index (χ4n) is 2.32. The van der Waals surface area contributed by atoms with Crippen LogP contribution >= 0.6 is 11.3 Å². The molecule has 0 aliphatic rings. The lowest BCUT2D eigenvalue weighted by molar-refractivity contribution is 0.100. The lowest BCUT2D eigenvalue weighted by Gasteiger charge is -2.08. The minimum absolute atomic E-state index is 0.126. The van der Waals surface area contributed by atoms with Crippen LogP contribution in [0.1, 0.15) is 15.2 Å². The number of aryl methyl sites for hydroxylation is 1. The van der Waals surface area contributed by atoms with E-state index in [0.29, 0.717) is 0 Å². The van der Waals surface area contributed by atoms with E-state index in [1.54, 1.807) is 18.2 Å². The van der Waals surface area contributed by atoms with Gasteiger partial charge in [0.15, 0.2) is 0 Å². The first-order valence-electron chi connectivity index (χ1n) is 7.45. The van der Waals surface area contributed by atoms with Crippen molar-refractivity contribution >= 4 is 33.0 Å². The van der Waals surface area contributed by atoms with Crippen LogP contribution in [0, 0.1) is 6.92 Å². The highest BCUT2D eigenvalue weighted by Gasteiger charge is 2.21. The van der Waals surface area contributed by atoms with Gasteiger partial charge in [-0.3, -0.25) is 9.52 Å². The van der Waals surface area contributed by atoms with Crippen molar-refractivity contribution in [1.82, 2.24) is 0 Å². The van der Waals surface area contributed by atoms with Crippen molar-refractivity contribution in [3.8, 4) is 10.4 Å². The van der Waals surface area contributed by atoms with Crippen LogP contribution in [0.5, 0.6) is 0 Å². The highest BCUT2D eigenvalue weighted by Crippen LogP contribution is 2.35. The first-order valence-corrected chi connectivity index (χ1v) is 9.75. The van der Waals surface area contributed by atoms with Crippen molar-refractivity contribution < 1.29 is 13.2 Å². The molecule has 0 aliphatic heterocycles. The van der Waals surface area contributed by atoms with Gasteiger partial charge in [-0.2, -0.15) is 0 Å². The van der Waals surface area contributed by atoms with Crippen molar-refractivity contribution in [2.45, 2.75) is 11.8 Å². The quantitative estimate of drug-likeness (QED) is 0.717. The molecule has 0 unspecified atom stereocenters. The van der Waals surface area contributed by atoms with E-state index in [2.05, 4.69) is 4.72 Å². The maximum Gasteiger partial charge on any atom is 0.261 e. The SMILES string of the molecule is Cc1ccc(S(=O)(=O)Nc2cc(-c3ccccc3)sc2C(N)=O)cc1. The Morgan fingerprint density at radius 3 is 2.28 bits per heavy atom. The molecule has 0 spiro atoms. The number of hydrogen-bond acceptors (Lipinski definition) is 4. The fourth-order valence-corrected chi connectivity index (χ4v) is 4.41. The molecule has 0 saturated heterocycles. The first kappa shape index (κ1) is 17.2. The van der Waals surface area contributed by atoms with E-state index in [-0.39, 0.29) is 15.5 Å². The molecule has 0 radical (unpaired) electrons. The maximum atomic E-state index is 12.6. The number of rotatable bonds is 5. The summed E-state index contributed by atoms with van der Waals surface area (Å²) in [5.74, 6) is -0.672. The van der Waals surface area contributed by atoms with Gasteiger partial charge in [0.05, 0.1) is 10.6 Å². The topological polar surface area (TPSA) is 89.3 Å². The molecule has 1 aromatic heterocycles. The Hall–Kier alpha value is -2.64. The van der Waals surface area contributed by atoms with E-state index in [1.165, 1.54) is 12.1 Å². The Labute approximate surface area is 150 Å². The molecule has 0 aliphatic carbocycles. The molecule has 2 aromatic carbocycles. The van der Waals surface area contributed by atoms with Crippen LogP contribution in [0.2, 0.25) is 0 Å². The molecule has 0 fully saturated rings. The van der Waals surface area contributed by atoms with Gasteiger partial charge in [0.25, 0.3) is 15.9 Å². The number of sulfonamides is 1. The summed E-state index contributed by atoms with van der Waals surface area (Å²) < 4.78 is 27.6. The van der Waals surface area contributed by atoms with Crippen LogP contribution in [-0.4, -0.2) is 14.3 Å². The van der Waals surface area contributed by atoms with Crippen molar-refractivity contribution in [3.63, 3.8) is 0 Å². The third kappa shape index (κ3) is 3.72. The summed E-state index contributed by atoms with van der Waals surface area (Å²) in [5.41, 5.74) is 7.45. The Kier molecular flexibility index (Phi) is 4.61. The van der Waals surface area contributed by atoms with Gasteiger partial charge >= 0.3 is 0 Å². The van der Waals surface area contributed by atoms with E-state index in [0.717, 1.165) is 27.3 Å². The van der Waals surface area contributed by atoms with Gasteiger partial charge in [-0.25, -0.2) is 8.42 Å². The predicted octanol–water partition coefficient (Wildman–Crippen LogP) is 3.62. The summed E-state index contributed by atoms with van der Waals surface area (Å²) in [6.07, 6.45) is 0. The van der Waals surface area contributed by atoms with Gasteiger partial charge in [-0.15, -0.1) is 11.3 Å². The lowest BCUT2D eigenvalue weighted by atomic mass is 10.2. The summed E-state index contributed by atoms with van der Waals surface area (Å²) in [4.78, 5) is 12.8. The number of nitrogens with one attached hydrogen (secondary N) is 1. The highest BCUT2D eigenvalue weighted by atomic mass is 32.2. The molecule has 3 rings (SSSR count). The molecule has 3 N–H and O–H groups in total. The van der Waals surface area contributed by atoms with Crippen molar-refractivity contribution in [1.29, 1.82) is 0 Å². The second-order valence-electron chi connectivity index (χ2n) is 5.50. The van der Waals surface area contributed by atoms with Crippen LogP contribution < -0.4 is 10.5 Å². The Bertz CT molecular complexity index is 1010. The fraction of sp³-hybridized carbons (Fsp3) is 0.0556. The monoisotopic (exact) mass is 372 g/mol. The van der Waals surface area contributed by atoms with Crippen LogP contribution in [0.3, 0.4) is 0 Å². The number of benzene rings is 2. The second-order valence-corrected chi connectivity index (χ2v) is 8.24. The number of carbonyl (C=O) groups excluding carboxylic acids is 1. The van der Waals surface area contributed by atoms with Gasteiger partial charge in [0.2, 0.25) is 0 Å². The molecule has 0 bridgehead atoms. The van der Waals surface area contributed by atoms with Gasteiger partial charge < -0.3 is 5.73 Å². The molecular formula is C18H16N2O3S2. The summed E-state index contributed by atoms with van der Waals surface area (Å²) in [5, 5.41) is 0. The smallest absolute Gasteiger partial charge is 0.261 e. The maximum absolute atomic E-state index is 12.6. The molecule has 1 amide bonds. The van der Waals surface area contributed by atoms with Crippen LogP contribution in [0.4, 0.5) is 5.69 Å². The largest absolute Gasteiger partial charge is 0.365 e. The zero-order valence-corrected chi connectivity index (χ0v) is 15.0. The van der Waals surface area contributed by atoms with E-state index in [9.17, 15) is 13.2 Å².